The van der Waals surface area contributed by atoms with Crippen LogP contribution in [-0.2, 0) is 6.42 Å². The predicted octanol–water partition coefficient (Wildman–Crippen LogP) is 3.32. The first-order chi connectivity index (χ1) is 8.54. The Kier molecular flexibility index (Phi) is 4.22. The van der Waals surface area contributed by atoms with Gasteiger partial charge in [0.15, 0.2) is 0 Å². The summed E-state index contributed by atoms with van der Waals surface area (Å²) in [5.74, 6) is 1.05. The number of aryl methyl sites for hydroxylation is 1. The summed E-state index contributed by atoms with van der Waals surface area (Å²) >= 11 is 11.8. The minimum atomic E-state index is 0.112. The minimum Gasteiger partial charge on any atom is -0.339 e. The molecular weight excluding hydrogens is 273 g/mol. The molecule has 1 atom stereocenters. The summed E-state index contributed by atoms with van der Waals surface area (Å²) < 4.78 is 5.15. The van der Waals surface area contributed by atoms with E-state index in [1.54, 1.807) is 18.2 Å². The van der Waals surface area contributed by atoms with Gasteiger partial charge in [-0.2, -0.15) is 4.98 Å². The molecule has 0 fully saturated rings. The van der Waals surface area contributed by atoms with Crippen molar-refractivity contribution < 1.29 is 4.52 Å². The third-order valence-electron chi connectivity index (χ3n) is 2.40. The molecule has 0 aliphatic carbocycles. The van der Waals surface area contributed by atoms with Crippen LogP contribution in [0, 0.1) is 0 Å². The lowest BCUT2D eigenvalue weighted by Crippen LogP contribution is -2.15. The van der Waals surface area contributed by atoms with Gasteiger partial charge >= 0.3 is 0 Å². The summed E-state index contributed by atoms with van der Waals surface area (Å²) in [6.45, 7) is 1.94. The lowest BCUT2D eigenvalue weighted by atomic mass is 10.2. The molecule has 0 aliphatic rings. The second-order valence-corrected chi connectivity index (χ2v) is 5.06. The second-order valence-electron chi connectivity index (χ2n) is 4.19. The van der Waals surface area contributed by atoms with E-state index in [4.69, 9.17) is 33.5 Å². The maximum absolute atomic E-state index is 5.92. The highest BCUT2D eigenvalue weighted by Crippen LogP contribution is 2.25. The highest BCUT2D eigenvalue weighted by molar-refractivity contribution is 6.35. The molecule has 2 N–H and O–H groups in total. The molecule has 0 aliphatic heterocycles. The average Bonchev–Trinajstić information content (AvgIpc) is 2.73. The molecule has 1 unspecified atom stereocenters. The maximum atomic E-state index is 5.92. The summed E-state index contributed by atoms with van der Waals surface area (Å²) in [4.78, 5) is 4.28. The molecule has 96 valence electrons. The highest BCUT2D eigenvalue weighted by atomic mass is 35.5. The van der Waals surface area contributed by atoms with Crippen LogP contribution in [0.25, 0.3) is 11.4 Å². The summed E-state index contributed by atoms with van der Waals surface area (Å²) in [6, 6.07) is 5.26. The first-order valence-electron chi connectivity index (χ1n) is 5.59. The van der Waals surface area contributed by atoms with Gasteiger partial charge in [-0.1, -0.05) is 28.4 Å². The summed E-state index contributed by atoms with van der Waals surface area (Å²) in [5, 5.41) is 4.98. The Morgan fingerprint density at radius 2 is 1.94 bits per heavy atom. The van der Waals surface area contributed by atoms with Crippen LogP contribution in [-0.4, -0.2) is 16.2 Å². The van der Waals surface area contributed by atoms with Gasteiger partial charge in [-0.15, -0.1) is 0 Å². The van der Waals surface area contributed by atoms with Gasteiger partial charge in [-0.05, 0) is 31.5 Å². The molecule has 0 saturated carbocycles. The molecule has 0 bridgehead atoms. The predicted molar refractivity (Wildman–Crippen MR) is 71.7 cm³/mol. The lowest BCUT2D eigenvalue weighted by Gasteiger charge is -1.99. The van der Waals surface area contributed by atoms with Crippen molar-refractivity contribution in [1.82, 2.24) is 10.1 Å². The maximum Gasteiger partial charge on any atom is 0.227 e. The van der Waals surface area contributed by atoms with E-state index in [-0.39, 0.29) is 6.04 Å². The monoisotopic (exact) mass is 285 g/mol. The number of hydrogen-bond acceptors (Lipinski definition) is 4. The van der Waals surface area contributed by atoms with E-state index in [1.807, 2.05) is 6.92 Å². The van der Waals surface area contributed by atoms with Crippen molar-refractivity contribution in [3.05, 3.63) is 34.1 Å². The van der Waals surface area contributed by atoms with E-state index in [2.05, 4.69) is 10.1 Å². The Morgan fingerprint density at radius 1 is 1.28 bits per heavy atom. The van der Waals surface area contributed by atoms with Crippen molar-refractivity contribution in [3.8, 4) is 11.4 Å². The van der Waals surface area contributed by atoms with Gasteiger partial charge in [0.2, 0.25) is 11.7 Å². The highest BCUT2D eigenvalue weighted by Gasteiger charge is 2.10. The summed E-state index contributed by atoms with van der Waals surface area (Å²) in [5.41, 5.74) is 6.41. The smallest absolute Gasteiger partial charge is 0.227 e. The van der Waals surface area contributed by atoms with Gasteiger partial charge in [-0.3, -0.25) is 0 Å². The molecule has 2 aromatic rings. The fourth-order valence-corrected chi connectivity index (χ4v) is 2.03. The fourth-order valence-electron chi connectivity index (χ4n) is 1.51. The van der Waals surface area contributed by atoms with E-state index in [9.17, 15) is 0 Å². The zero-order chi connectivity index (χ0) is 13.1. The van der Waals surface area contributed by atoms with Crippen molar-refractivity contribution in [2.45, 2.75) is 25.8 Å². The Balaban J connectivity index is 2.18. The first kappa shape index (κ1) is 13.3. The Morgan fingerprint density at radius 3 is 2.56 bits per heavy atom. The lowest BCUT2D eigenvalue weighted by molar-refractivity contribution is 0.372. The Labute approximate surface area is 115 Å². The molecule has 1 aromatic carbocycles. The van der Waals surface area contributed by atoms with Crippen LogP contribution < -0.4 is 5.73 Å². The van der Waals surface area contributed by atoms with Gasteiger partial charge in [0.25, 0.3) is 0 Å². The zero-order valence-electron chi connectivity index (χ0n) is 9.86. The van der Waals surface area contributed by atoms with Crippen molar-refractivity contribution in [3.63, 3.8) is 0 Å². The second kappa shape index (κ2) is 5.69. The average molecular weight is 286 g/mol. The van der Waals surface area contributed by atoms with E-state index >= 15 is 0 Å². The van der Waals surface area contributed by atoms with E-state index in [0.717, 1.165) is 12.0 Å². The van der Waals surface area contributed by atoms with Crippen LogP contribution in [0.2, 0.25) is 10.0 Å². The van der Waals surface area contributed by atoms with Crippen molar-refractivity contribution in [2.75, 3.05) is 0 Å². The van der Waals surface area contributed by atoms with Gasteiger partial charge in [0.05, 0.1) is 0 Å². The molecule has 0 amide bonds. The molecule has 6 heteroatoms. The molecule has 0 spiro atoms. The molecule has 18 heavy (non-hydrogen) atoms. The van der Waals surface area contributed by atoms with Crippen LogP contribution in [0.5, 0.6) is 0 Å². The van der Waals surface area contributed by atoms with E-state index < -0.39 is 0 Å². The van der Waals surface area contributed by atoms with Crippen LogP contribution in [0.3, 0.4) is 0 Å². The molecule has 1 aromatic heterocycles. The van der Waals surface area contributed by atoms with E-state index in [0.29, 0.717) is 28.2 Å². The molecule has 0 radical (unpaired) electrons. The van der Waals surface area contributed by atoms with Gasteiger partial charge in [-0.25, -0.2) is 0 Å². The topological polar surface area (TPSA) is 64.9 Å². The largest absolute Gasteiger partial charge is 0.339 e. The molecule has 1 heterocycles. The van der Waals surface area contributed by atoms with Crippen molar-refractivity contribution in [2.24, 2.45) is 5.73 Å². The summed E-state index contributed by atoms with van der Waals surface area (Å²) in [7, 11) is 0. The normalized spacial score (nSPS) is 12.7. The van der Waals surface area contributed by atoms with Gasteiger partial charge in [0.1, 0.15) is 0 Å². The third-order valence-corrected chi connectivity index (χ3v) is 2.84. The zero-order valence-corrected chi connectivity index (χ0v) is 11.4. The number of nitrogens with two attached hydrogens (primary N) is 1. The fraction of sp³-hybridized carbons (Fsp3) is 0.333. The van der Waals surface area contributed by atoms with Crippen LogP contribution >= 0.6 is 23.2 Å². The van der Waals surface area contributed by atoms with E-state index in [1.165, 1.54) is 0 Å². The molecule has 4 nitrogen and oxygen atoms in total. The number of aromatic nitrogens is 2. The summed E-state index contributed by atoms with van der Waals surface area (Å²) in [6.07, 6.45) is 1.47. The molecule has 0 saturated heterocycles. The van der Waals surface area contributed by atoms with Crippen molar-refractivity contribution in [1.29, 1.82) is 0 Å². The Bertz CT molecular complexity index is 520. The first-order valence-corrected chi connectivity index (χ1v) is 6.35. The van der Waals surface area contributed by atoms with Gasteiger partial charge in [0, 0.05) is 28.1 Å². The van der Waals surface area contributed by atoms with Crippen LogP contribution in [0.1, 0.15) is 19.2 Å². The van der Waals surface area contributed by atoms with Crippen LogP contribution in [0.4, 0.5) is 0 Å². The molecule has 2 rings (SSSR count). The van der Waals surface area contributed by atoms with Crippen molar-refractivity contribution >= 4 is 23.2 Å². The number of rotatable bonds is 4. The number of hydrogen-bond donors (Lipinski definition) is 1. The SMILES string of the molecule is CC(N)CCc1nc(-c2cc(Cl)cc(Cl)c2)no1. The number of nitrogens with zero attached hydrogens (tertiary/aromatic N) is 2. The standard InChI is InChI=1S/C12H13Cl2N3O/c1-7(15)2-3-11-16-12(17-18-11)8-4-9(13)6-10(14)5-8/h4-7H,2-3,15H2,1H3. The minimum absolute atomic E-state index is 0.112. The number of halogens is 2. The molecular formula is C12H13Cl2N3O. The van der Waals surface area contributed by atoms with Gasteiger partial charge < -0.3 is 10.3 Å². The number of benzene rings is 1. The quantitative estimate of drug-likeness (QED) is 0.936. The third kappa shape index (κ3) is 3.45. The van der Waals surface area contributed by atoms with Crippen LogP contribution in [0.15, 0.2) is 22.7 Å². The Hall–Kier alpha value is -1.10.